The average molecular weight is 210 g/mol. The van der Waals surface area contributed by atoms with Gasteiger partial charge in [-0.05, 0) is 25.7 Å². The fourth-order valence-corrected chi connectivity index (χ4v) is 2.09. The molecule has 84 valence electrons. The molecule has 2 atom stereocenters. The smallest absolute Gasteiger partial charge is 0.121 e. The second kappa shape index (κ2) is 4.69. The molecule has 0 bridgehead atoms. The molecule has 2 nitrogen and oxygen atoms in total. The lowest BCUT2D eigenvalue weighted by atomic mass is 9.94. The summed E-state index contributed by atoms with van der Waals surface area (Å²) in [4.78, 5) is 0. The second-order valence-electron chi connectivity index (χ2n) is 4.52. The van der Waals surface area contributed by atoms with Crippen LogP contribution in [-0.2, 0) is 0 Å². The molecule has 2 rings (SSSR count). The zero-order chi connectivity index (χ0) is 10.7. The van der Waals surface area contributed by atoms with E-state index in [1.807, 2.05) is 6.08 Å². The zero-order valence-corrected chi connectivity index (χ0v) is 9.22. The molecule has 0 fully saturated rings. The molecule has 0 aliphatic carbocycles. The first-order chi connectivity index (χ1) is 7.24. The maximum Gasteiger partial charge on any atom is 0.121 e. The van der Waals surface area contributed by atoms with E-state index in [1.54, 1.807) is 0 Å². The standard InChI is InChI=1S/C12H19FN2/c1-9-2-3-10(7-14-9)6-12-5-4-11(13)8-15-12/h2,5,10-11,14-15H,3-4,6-8H2,1H3. The van der Waals surface area contributed by atoms with Gasteiger partial charge in [0.05, 0.1) is 0 Å². The van der Waals surface area contributed by atoms with Crippen LogP contribution in [-0.4, -0.2) is 19.3 Å². The molecule has 0 spiro atoms. The highest BCUT2D eigenvalue weighted by molar-refractivity contribution is 5.09. The Hall–Kier alpha value is -0.990. The van der Waals surface area contributed by atoms with Gasteiger partial charge in [-0.1, -0.05) is 12.2 Å². The van der Waals surface area contributed by atoms with Crippen LogP contribution < -0.4 is 10.6 Å². The molecule has 2 aliphatic rings. The van der Waals surface area contributed by atoms with Gasteiger partial charge in [0.15, 0.2) is 0 Å². The lowest BCUT2D eigenvalue weighted by Gasteiger charge is -2.26. The van der Waals surface area contributed by atoms with Gasteiger partial charge in [-0.25, -0.2) is 4.39 Å². The minimum absolute atomic E-state index is 0.487. The number of allylic oxidation sites excluding steroid dienone is 4. The van der Waals surface area contributed by atoms with E-state index in [0.29, 0.717) is 18.9 Å². The summed E-state index contributed by atoms with van der Waals surface area (Å²) < 4.78 is 12.9. The quantitative estimate of drug-likeness (QED) is 0.729. The first-order valence-corrected chi connectivity index (χ1v) is 5.71. The van der Waals surface area contributed by atoms with E-state index >= 15 is 0 Å². The van der Waals surface area contributed by atoms with Crippen LogP contribution in [0.15, 0.2) is 23.5 Å². The van der Waals surface area contributed by atoms with E-state index < -0.39 is 6.17 Å². The number of hydrogen-bond donors (Lipinski definition) is 2. The molecule has 0 saturated heterocycles. The molecular formula is C12H19FN2. The maximum atomic E-state index is 12.9. The topological polar surface area (TPSA) is 24.1 Å². The van der Waals surface area contributed by atoms with Gasteiger partial charge < -0.3 is 10.6 Å². The second-order valence-corrected chi connectivity index (χ2v) is 4.52. The molecule has 0 radical (unpaired) electrons. The van der Waals surface area contributed by atoms with Crippen molar-refractivity contribution < 1.29 is 4.39 Å². The van der Waals surface area contributed by atoms with Crippen LogP contribution in [0, 0.1) is 5.92 Å². The molecule has 2 N–H and O–H groups in total. The van der Waals surface area contributed by atoms with E-state index in [4.69, 9.17) is 0 Å². The first-order valence-electron chi connectivity index (χ1n) is 5.71. The van der Waals surface area contributed by atoms with Gasteiger partial charge >= 0.3 is 0 Å². The van der Waals surface area contributed by atoms with Gasteiger partial charge in [-0.2, -0.15) is 0 Å². The summed E-state index contributed by atoms with van der Waals surface area (Å²) in [5, 5.41) is 6.53. The third-order valence-corrected chi connectivity index (χ3v) is 3.11. The number of halogens is 1. The molecule has 0 aromatic carbocycles. The first kappa shape index (κ1) is 10.5. The summed E-state index contributed by atoms with van der Waals surface area (Å²) in [6.07, 6.45) is 6.33. The van der Waals surface area contributed by atoms with Crippen LogP contribution in [0.2, 0.25) is 0 Å². The summed E-state index contributed by atoms with van der Waals surface area (Å²) in [5.41, 5.74) is 2.50. The van der Waals surface area contributed by atoms with Crippen LogP contribution in [0.5, 0.6) is 0 Å². The van der Waals surface area contributed by atoms with Crippen LogP contribution in [0.3, 0.4) is 0 Å². The molecule has 0 amide bonds. The molecule has 2 heterocycles. The van der Waals surface area contributed by atoms with Crippen LogP contribution in [0.1, 0.15) is 26.2 Å². The van der Waals surface area contributed by atoms with Crippen molar-refractivity contribution in [3.8, 4) is 0 Å². The third-order valence-electron chi connectivity index (χ3n) is 3.11. The average Bonchev–Trinajstić information content (AvgIpc) is 2.25. The molecule has 3 heteroatoms. The van der Waals surface area contributed by atoms with Crippen molar-refractivity contribution in [2.45, 2.75) is 32.4 Å². The SMILES string of the molecule is CC1=CCC(CC2=CCC(F)CN2)CN1. The van der Waals surface area contributed by atoms with E-state index in [-0.39, 0.29) is 0 Å². The van der Waals surface area contributed by atoms with Gasteiger partial charge in [0, 0.05) is 30.9 Å². The van der Waals surface area contributed by atoms with E-state index in [2.05, 4.69) is 23.6 Å². The lowest BCUT2D eigenvalue weighted by Crippen LogP contribution is -2.31. The van der Waals surface area contributed by atoms with Crippen molar-refractivity contribution in [1.29, 1.82) is 0 Å². The fourth-order valence-electron chi connectivity index (χ4n) is 2.09. The Morgan fingerprint density at radius 1 is 1.27 bits per heavy atom. The number of rotatable bonds is 2. The van der Waals surface area contributed by atoms with Crippen LogP contribution >= 0.6 is 0 Å². The molecule has 15 heavy (non-hydrogen) atoms. The maximum absolute atomic E-state index is 12.9. The highest BCUT2D eigenvalue weighted by atomic mass is 19.1. The minimum Gasteiger partial charge on any atom is -0.389 e. The van der Waals surface area contributed by atoms with Crippen molar-refractivity contribution in [1.82, 2.24) is 10.6 Å². The van der Waals surface area contributed by atoms with Gasteiger partial charge in [-0.3, -0.25) is 0 Å². The monoisotopic (exact) mass is 210 g/mol. The molecule has 0 aromatic heterocycles. The summed E-state index contributed by atoms with van der Waals surface area (Å²) in [6.45, 7) is 3.63. The Morgan fingerprint density at radius 3 is 2.73 bits per heavy atom. The number of nitrogens with one attached hydrogen (secondary N) is 2. The van der Waals surface area contributed by atoms with Crippen molar-refractivity contribution in [2.75, 3.05) is 13.1 Å². The van der Waals surface area contributed by atoms with E-state index in [1.165, 1.54) is 11.4 Å². The molecule has 2 unspecified atom stereocenters. The van der Waals surface area contributed by atoms with Gasteiger partial charge in [0.2, 0.25) is 0 Å². The Morgan fingerprint density at radius 2 is 2.13 bits per heavy atom. The summed E-state index contributed by atoms with van der Waals surface area (Å²) >= 11 is 0. The Bertz CT molecular complexity index is 283. The summed E-state index contributed by atoms with van der Waals surface area (Å²) in [7, 11) is 0. The Kier molecular flexibility index (Phi) is 3.29. The zero-order valence-electron chi connectivity index (χ0n) is 9.22. The van der Waals surface area contributed by atoms with Gasteiger partial charge in [0.1, 0.15) is 6.17 Å². The van der Waals surface area contributed by atoms with Crippen molar-refractivity contribution >= 4 is 0 Å². The largest absolute Gasteiger partial charge is 0.389 e. The Balaban J connectivity index is 1.82. The number of alkyl halides is 1. The number of hydrogen-bond acceptors (Lipinski definition) is 2. The molecule has 2 aliphatic heterocycles. The molecular weight excluding hydrogens is 191 g/mol. The predicted molar refractivity (Wildman–Crippen MR) is 60.1 cm³/mol. The highest BCUT2D eigenvalue weighted by Gasteiger charge is 2.17. The van der Waals surface area contributed by atoms with Crippen molar-refractivity contribution in [3.63, 3.8) is 0 Å². The highest BCUT2D eigenvalue weighted by Crippen LogP contribution is 2.20. The van der Waals surface area contributed by atoms with E-state index in [9.17, 15) is 4.39 Å². The lowest BCUT2D eigenvalue weighted by molar-refractivity contribution is 0.312. The van der Waals surface area contributed by atoms with Crippen molar-refractivity contribution in [3.05, 3.63) is 23.5 Å². The fraction of sp³-hybridized carbons (Fsp3) is 0.667. The molecule has 0 aromatic rings. The Labute approximate surface area is 90.6 Å². The van der Waals surface area contributed by atoms with E-state index in [0.717, 1.165) is 19.4 Å². The van der Waals surface area contributed by atoms with Crippen molar-refractivity contribution in [2.24, 2.45) is 5.92 Å². The minimum atomic E-state index is -0.694. The third kappa shape index (κ3) is 2.98. The van der Waals surface area contributed by atoms with Gasteiger partial charge in [-0.15, -0.1) is 0 Å². The van der Waals surface area contributed by atoms with Crippen LogP contribution in [0.4, 0.5) is 4.39 Å². The van der Waals surface area contributed by atoms with Crippen LogP contribution in [0.25, 0.3) is 0 Å². The van der Waals surface area contributed by atoms with Gasteiger partial charge in [0.25, 0.3) is 0 Å². The molecule has 0 saturated carbocycles. The summed E-state index contributed by atoms with van der Waals surface area (Å²) in [5.74, 6) is 0.656. The normalized spacial score (nSPS) is 31.1. The summed E-state index contributed by atoms with van der Waals surface area (Å²) in [6, 6.07) is 0. The predicted octanol–water partition coefficient (Wildman–Crippen LogP) is 2.11.